The molecule has 104 valence electrons. The van der Waals surface area contributed by atoms with Gasteiger partial charge in [-0.1, -0.05) is 0 Å². The van der Waals surface area contributed by atoms with E-state index >= 15 is 0 Å². The Bertz CT molecular complexity index is 448. The van der Waals surface area contributed by atoms with Crippen molar-refractivity contribution in [3.8, 4) is 0 Å². The number of anilines is 1. The number of nitrogens with zero attached hydrogens (tertiary/aromatic N) is 2. The number of hydrogen-bond acceptors (Lipinski definition) is 3. The van der Waals surface area contributed by atoms with Crippen LogP contribution >= 0.6 is 0 Å². The summed E-state index contributed by atoms with van der Waals surface area (Å²) in [5.74, 6) is 0.264. The average molecular weight is 260 g/mol. The van der Waals surface area contributed by atoms with E-state index in [1.807, 2.05) is 32.3 Å². The van der Waals surface area contributed by atoms with E-state index in [0.29, 0.717) is 6.42 Å². The minimum atomic E-state index is 0.264. The van der Waals surface area contributed by atoms with E-state index in [4.69, 9.17) is 0 Å². The molecule has 1 fully saturated rings. The number of aryl methyl sites for hydroxylation is 1. The van der Waals surface area contributed by atoms with Crippen LogP contribution in [-0.2, 0) is 0 Å². The van der Waals surface area contributed by atoms with Crippen LogP contribution in [0.2, 0.25) is 0 Å². The van der Waals surface area contributed by atoms with Crippen LogP contribution < -0.4 is 4.90 Å². The third kappa shape index (κ3) is 3.57. The molecule has 0 bridgehead atoms. The van der Waals surface area contributed by atoms with E-state index in [9.17, 15) is 4.79 Å². The standard InChI is InChI=1S/C16H24N2O/c1-13-12-14(6-7-15(13)17(2)3)16(19)8-11-18-9-4-5-10-18/h6-7,12H,4-5,8-11H2,1-3H3. The van der Waals surface area contributed by atoms with Crippen LogP contribution in [0.25, 0.3) is 0 Å². The molecule has 1 heterocycles. The lowest BCUT2D eigenvalue weighted by molar-refractivity contribution is 0.0969. The maximum Gasteiger partial charge on any atom is 0.164 e. The highest BCUT2D eigenvalue weighted by Crippen LogP contribution is 2.20. The van der Waals surface area contributed by atoms with Gasteiger partial charge in [0.05, 0.1) is 0 Å². The largest absolute Gasteiger partial charge is 0.377 e. The number of ketones is 1. The van der Waals surface area contributed by atoms with Gasteiger partial charge in [0.1, 0.15) is 0 Å². The third-order valence-electron chi connectivity index (χ3n) is 3.85. The first-order valence-corrected chi connectivity index (χ1v) is 7.11. The fourth-order valence-electron chi connectivity index (χ4n) is 2.74. The maximum atomic E-state index is 12.2. The minimum absolute atomic E-state index is 0.264. The number of rotatable bonds is 5. The topological polar surface area (TPSA) is 23.6 Å². The second-order valence-electron chi connectivity index (χ2n) is 5.62. The summed E-state index contributed by atoms with van der Waals surface area (Å²) in [7, 11) is 4.05. The molecule has 1 aromatic rings. The fourth-order valence-corrected chi connectivity index (χ4v) is 2.74. The smallest absolute Gasteiger partial charge is 0.164 e. The van der Waals surface area contributed by atoms with Crippen molar-refractivity contribution < 1.29 is 4.79 Å². The molecule has 2 rings (SSSR count). The normalized spacial score (nSPS) is 15.7. The van der Waals surface area contributed by atoms with Gasteiger partial charge in [0.15, 0.2) is 5.78 Å². The molecule has 3 heteroatoms. The lowest BCUT2D eigenvalue weighted by Crippen LogP contribution is -2.22. The number of likely N-dealkylation sites (tertiary alicyclic amines) is 1. The number of carbonyl (C=O) groups is 1. The van der Waals surface area contributed by atoms with Crippen LogP contribution in [0.15, 0.2) is 18.2 Å². The molecule has 0 radical (unpaired) electrons. The van der Waals surface area contributed by atoms with E-state index in [2.05, 4.69) is 16.7 Å². The molecule has 0 spiro atoms. The Morgan fingerprint density at radius 3 is 2.53 bits per heavy atom. The summed E-state index contributed by atoms with van der Waals surface area (Å²) < 4.78 is 0. The first-order chi connectivity index (χ1) is 9.08. The Balaban J connectivity index is 1.96. The molecule has 1 aromatic carbocycles. The zero-order valence-electron chi connectivity index (χ0n) is 12.3. The highest BCUT2D eigenvalue weighted by Gasteiger charge is 2.14. The molecule has 1 aliphatic heterocycles. The van der Waals surface area contributed by atoms with Crippen molar-refractivity contribution >= 4 is 11.5 Å². The van der Waals surface area contributed by atoms with E-state index in [1.54, 1.807) is 0 Å². The molecular formula is C16H24N2O. The molecule has 3 nitrogen and oxygen atoms in total. The van der Waals surface area contributed by atoms with Gasteiger partial charge >= 0.3 is 0 Å². The Kier molecular flexibility index (Phi) is 4.59. The van der Waals surface area contributed by atoms with Crippen molar-refractivity contribution in [2.45, 2.75) is 26.2 Å². The van der Waals surface area contributed by atoms with Crippen LogP contribution in [0, 0.1) is 6.92 Å². The van der Waals surface area contributed by atoms with Crippen LogP contribution in [0.1, 0.15) is 35.2 Å². The summed E-state index contributed by atoms with van der Waals surface area (Å²) in [6, 6.07) is 6.01. The fraction of sp³-hybridized carbons (Fsp3) is 0.562. The number of hydrogen-bond donors (Lipinski definition) is 0. The van der Waals surface area contributed by atoms with Gasteiger partial charge in [-0.15, -0.1) is 0 Å². The van der Waals surface area contributed by atoms with Gasteiger partial charge in [-0.05, 0) is 56.6 Å². The summed E-state index contributed by atoms with van der Waals surface area (Å²) in [5, 5.41) is 0. The molecule has 1 saturated heterocycles. The quantitative estimate of drug-likeness (QED) is 0.761. The average Bonchev–Trinajstić information content (AvgIpc) is 2.88. The maximum absolute atomic E-state index is 12.2. The van der Waals surface area contributed by atoms with Crippen LogP contribution in [0.4, 0.5) is 5.69 Å². The highest BCUT2D eigenvalue weighted by atomic mass is 16.1. The summed E-state index contributed by atoms with van der Waals surface area (Å²) in [6.45, 7) is 5.29. The van der Waals surface area contributed by atoms with Gasteiger partial charge < -0.3 is 9.80 Å². The van der Waals surface area contributed by atoms with Crippen molar-refractivity contribution in [3.63, 3.8) is 0 Å². The van der Waals surface area contributed by atoms with Gasteiger partial charge in [-0.3, -0.25) is 4.79 Å². The van der Waals surface area contributed by atoms with Crippen molar-refractivity contribution in [2.24, 2.45) is 0 Å². The Labute approximate surface area is 116 Å². The second-order valence-corrected chi connectivity index (χ2v) is 5.62. The Morgan fingerprint density at radius 1 is 1.26 bits per heavy atom. The summed E-state index contributed by atoms with van der Waals surface area (Å²) in [6.07, 6.45) is 3.20. The van der Waals surface area contributed by atoms with Crippen LogP contribution in [0.3, 0.4) is 0 Å². The van der Waals surface area contributed by atoms with Crippen molar-refractivity contribution in [1.29, 1.82) is 0 Å². The number of Topliss-reactive ketones (excluding diaryl/α,β-unsaturated/α-hetero) is 1. The molecule has 19 heavy (non-hydrogen) atoms. The predicted octanol–water partition coefficient (Wildman–Crippen LogP) is 2.73. The van der Waals surface area contributed by atoms with Crippen LogP contribution in [-0.4, -0.2) is 44.4 Å². The Hall–Kier alpha value is -1.35. The summed E-state index contributed by atoms with van der Waals surface area (Å²) in [4.78, 5) is 16.7. The van der Waals surface area contributed by atoms with Gasteiger partial charge in [0.25, 0.3) is 0 Å². The Morgan fingerprint density at radius 2 is 1.95 bits per heavy atom. The zero-order chi connectivity index (χ0) is 13.8. The van der Waals surface area contributed by atoms with E-state index < -0.39 is 0 Å². The lowest BCUT2D eigenvalue weighted by Gasteiger charge is -2.17. The SMILES string of the molecule is Cc1cc(C(=O)CCN2CCCC2)ccc1N(C)C. The number of carbonyl (C=O) groups excluding carboxylic acids is 1. The molecular weight excluding hydrogens is 236 g/mol. The molecule has 0 amide bonds. The van der Waals surface area contributed by atoms with Gasteiger partial charge in [-0.2, -0.15) is 0 Å². The molecule has 0 N–H and O–H groups in total. The first-order valence-electron chi connectivity index (χ1n) is 7.11. The predicted molar refractivity (Wildman–Crippen MR) is 80.1 cm³/mol. The second kappa shape index (κ2) is 6.20. The van der Waals surface area contributed by atoms with Gasteiger partial charge in [0.2, 0.25) is 0 Å². The van der Waals surface area contributed by atoms with Crippen molar-refractivity contribution in [1.82, 2.24) is 4.90 Å². The highest BCUT2D eigenvalue weighted by molar-refractivity contribution is 5.96. The molecule has 1 aliphatic rings. The lowest BCUT2D eigenvalue weighted by atomic mass is 10.0. The van der Waals surface area contributed by atoms with Gasteiger partial charge in [-0.25, -0.2) is 0 Å². The van der Waals surface area contributed by atoms with E-state index in [1.165, 1.54) is 18.5 Å². The summed E-state index contributed by atoms with van der Waals surface area (Å²) in [5.41, 5.74) is 3.19. The van der Waals surface area contributed by atoms with E-state index in [0.717, 1.165) is 30.8 Å². The molecule has 0 saturated carbocycles. The molecule has 0 aliphatic carbocycles. The zero-order valence-corrected chi connectivity index (χ0v) is 12.3. The number of benzene rings is 1. The first kappa shape index (κ1) is 14.1. The third-order valence-corrected chi connectivity index (χ3v) is 3.85. The summed E-state index contributed by atoms with van der Waals surface area (Å²) >= 11 is 0. The van der Waals surface area contributed by atoms with Gasteiger partial charge in [0, 0.05) is 38.3 Å². The van der Waals surface area contributed by atoms with E-state index in [-0.39, 0.29) is 5.78 Å². The minimum Gasteiger partial charge on any atom is -0.377 e. The molecule has 0 aromatic heterocycles. The monoisotopic (exact) mass is 260 g/mol. The van der Waals surface area contributed by atoms with Crippen LogP contribution in [0.5, 0.6) is 0 Å². The molecule has 0 atom stereocenters. The molecule has 0 unspecified atom stereocenters. The van der Waals surface area contributed by atoms with Crippen molar-refractivity contribution in [2.75, 3.05) is 38.6 Å². The van der Waals surface area contributed by atoms with Crippen molar-refractivity contribution in [3.05, 3.63) is 29.3 Å².